The number of carbonyl (C=O) groups excluding carboxylic acids is 1. The average molecular weight is 398 g/mol. The van der Waals surface area contributed by atoms with Gasteiger partial charge in [-0.1, -0.05) is 18.2 Å². The second-order valence-corrected chi connectivity index (χ2v) is 6.11. The van der Waals surface area contributed by atoms with Crippen molar-refractivity contribution in [3.05, 3.63) is 65.3 Å². The maximum absolute atomic E-state index is 11.2. The second-order valence-electron chi connectivity index (χ2n) is 5.26. The summed E-state index contributed by atoms with van der Waals surface area (Å²) in [7, 11) is 0. The van der Waals surface area contributed by atoms with E-state index in [2.05, 4.69) is 41.8 Å². The summed E-state index contributed by atoms with van der Waals surface area (Å²) in [5, 5.41) is 9.12. The minimum Gasteiger partial charge on any atom is -0.339 e. The molecule has 1 aromatic heterocycles. The Bertz CT molecular complexity index is 900. The van der Waals surface area contributed by atoms with E-state index in [9.17, 15) is 4.79 Å². The summed E-state index contributed by atoms with van der Waals surface area (Å²) < 4.78 is 0.950. The number of anilines is 5. The minimum atomic E-state index is -0.118. The Balaban J connectivity index is 1.76. The maximum Gasteiger partial charge on any atom is 0.229 e. The second kappa shape index (κ2) is 7.76. The first-order chi connectivity index (χ1) is 12.1. The molecule has 0 saturated heterocycles. The normalized spacial score (nSPS) is 10.2. The van der Waals surface area contributed by atoms with Crippen molar-refractivity contribution in [2.24, 2.45) is 0 Å². The molecule has 0 aliphatic rings. The Labute approximate surface area is 153 Å². The van der Waals surface area contributed by atoms with Gasteiger partial charge in [0.25, 0.3) is 0 Å². The molecule has 0 atom stereocenters. The largest absolute Gasteiger partial charge is 0.339 e. The monoisotopic (exact) mass is 397 g/mol. The first-order valence-corrected chi connectivity index (χ1v) is 8.39. The number of nitrogens with one attached hydrogen (secondary N) is 3. The fourth-order valence-electron chi connectivity index (χ4n) is 2.20. The third-order valence-corrected chi connectivity index (χ3v) is 3.92. The van der Waals surface area contributed by atoms with Gasteiger partial charge in [-0.15, -0.1) is 0 Å². The number of rotatable bonds is 5. The van der Waals surface area contributed by atoms with Crippen molar-refractivity contribution in [3.63, 3.8) is 0 Å². The standard InChI is InChI=1S/C18H16BrN5O/c1-12(25)21-13-5-4-6-14(11-13)22-18-20-10-9-17(24-18)23-16-8-3-2-7-15(16)19/h2-11H,1H3,(H,21,25)(H2,20,22,23,24). The molecule has 3 rings (SSSR count). The Morgan fingerprint density at radius 3 is 2.60 bits per heavy atom. The van der Waals surface area contributed by atoms with E-state index in [1.54, 1.807) is 12.3 Å². The van der Waals surface area contributed by atoms with Crippen LogP contribution in [0, 0.1) is 0 Å². The number of hydrogen-bond donors (Lipinski definition) is 3. The van der Waals surface area contributed by atoms with Crippen LogP contribution in [0.1, 0.15) is 6.92 Å². The number of aromatic nitrogens is 2. The highest BCUT2D eigenvalue weighted by Gasteiger charge is 2.04. The van der Waals surface area contributed by atoms with Crippen molar-refractivity contribution < 1.29 is 4.79 Å². The van der Waals surface area contributed by atoms with Gasteiger partial charge in [0.05, 0.1) is 5.69 Å². The summed E-state index contributed by atoms with van der Waals surface area (Å²) >= 11 is 3.50. The van der Waals surface area contributed by atoms with Gasteiger partial charge in [0.2, 0.25) is 11.9 Å². The van der Waals surface area contributed by atoms with Gasteiger partial charge >= 0.3 is 0 Å². The Morgan fingerprint density at radius 2 is 1.80 bits per heavy atom. The lowest BCUT2D eigenvalue weighted by Gasteiger charge is -2.10. The molecule has 0 unspecified atom stereocenters. The molecule has 0 aliphatic carbocycles. The van der Waals surface area contributed by atoms with E-state index in [0.29, 0.717) is 17.5 Å². The van der Waals surface area contributed by atoms with E-state index in [4.69, 9.17) is 0 Å². The van der Waals surface area contributed by atoms with Crippen molar-refractivity contribution in [3.8, 4) is 0 Å². The van der Waals surface area contributed by atoms with Gasteiger partial charge in [-0.2, -0.15) is 4.98 Å². The molecule has 1 amide bonds. The Kier molecular flexibility index (Phi) is 5.25. The minimum absolute atomic E-state index is 0.118. The van der Waals surface area contributed by atoms with Crippen molar-refractivity contribution in [2.45, 2.75) is 6.92 Å². The molecule has 0 spiro atoms. The zero-order valence-corrected chi connectivity index (χ0v) is 15.0. The lowest BCUT2D eigenvalue weighted by molar-refractivity contribution is -0.114. The Hall–Kier alpha value is -2.93. The summed E-state index contributed by atoms with van der Waals surface area (Å²) in [5.74, 6) is 1.01. The fourth-order valence-corrected chi connectivity index (χ4v) is 2.58. The molecule has 0 radical (unpaired) electrons. The third-order valence-electron chi connectivity index (χ3n) is 3.23. The molecule has 2 aromatic carbocycles. The third kappa shape index (κ3) is 4.77. The van der Waals surface area contributed by atoms with Crippen LogP contribution in [0.3, 0.4) is 0 Å². The van der Waals surface area contributed by atoms with E-state index in [1.165, 1.54) is 6.92 Å². The van der Waals surface area contributed by atoms with Crippen molar-refractivity contribution in [1.29, 1.82) is 0 Å². The quantitative estimate of drug-likeness (QED) is 0.582. The number of para-hydroxylation sites is 1. The van der Waals surface area contributed by atoms with E-state index >= 15 is 0 Å². The summed E-state index contributed by atoms with van der Waals surface area (Å²) in [6, 6.07) is 17.0. The first kappa shape index (κ1) is 16.9. The number of hydrogen-bond acceptors (Lipinski definition) is 5. The predicted molar refractivity (Wildman–Crippen MR) is 103 cm³/mol. The molecule has 126 valence electrons. The molecule has 0 aliphatic heterocycles. The predicted octanol–water partition coefficient (Wildman–Crippen LogP) is 4.68. The molecule has 3 aromatic rings. The molecule has 6 nitrogen and oxygen atoms in total. The van der Waals surface area contributed by atoms with Crippen LogP contribution in [0.2, 0.25) is 0 Å². The van der Waals surface area contributed by atoms with Crippen LogP contribution >= 0.6 is 15.9 Å². The van der Waals surface area contributed by atoms with Crippen LogP contribution in [0.15, 0.2) is 65.3 Å². The summed E-state index contributed by atoms with van der Waals surface area (Å²) in [4.78, 5) is 19.8. The highest BCUT2D eigenvalue weighted by Crippen LogP contribution is 2.25. The van der Waals surface area contributed by atoms with Gasteiger partial charge in [0.15, 0.2) is 0 Å². The first-order valence-electron chi connectivity index (χ1n) is 7.59. The lowest BCUT2D eigenvalue weighted by atomic mass is 10.2. The summed E-state index contributed by atoms with van der Waals surface area (Å²) in [6.07, 6.45) is 1.67. The van der Waals surface area contributed by atoms with Gasteiger partial charge in [-0.05, 0) is 52.3 Å². The van der Waals surface area contributed by atoms with Gasteiger partial charge in [0.1, 0.15) is 5.82 Å². The molecule has 3 N–H and O–H groups in total. The molecular weight excluding hydrogens is 382 g/mol. The zero-order valence-electron chi connectivity index (χ0n) is 13.5. The smallest absolute Gasteiger partial charge is 0.229 e. The van der Waals surface area contributed by atoms with Crippen LogP contribution in [0.4, 0.5) is 28.8 Å². The average Bonchev–Trinajstić information content (AvgIpc) is 2.57. The van der Waals surface area contributed by atoms with Gasteiger partial charge < -0.3 is 16.0 Å². The van der Waals surface area contributed by atoms with Crippen molar-refractivity contribution in [2.75, 3.05) is 16.0 Å². The van der Waals surface area contributed by atoms with E-state index in [-0.39, 0.29) is 5.91 Å². The molecule has 7 heteroatoms. The molecule has 0 saturated carbocycles. The van der Waals surface area contributed by atoms with Crippen LogP contribution in [0.5, 0.6) is 0 Å². The molecule has 25 heavy (non-hydrogen) atoms. The van der Waals surface area contributed by atoms with Crippen molar-refractivity contribution in [1.82, 2.24) is 9.97 Å². The SMILES string of the molecule is CC(=O)Nc1cccc(Nc2nccc(Nc3ccccc3Br)n2)c1. The van der Waals surface area contributed by atoms with Crippen molar-refractivity contribution >= 4 is 50.7 Å². The van der Waals surface area contributed by atoms with E-state index in [0.717, 1.165) is 15.8 Å². The fraction of sp³-hybridized carbons (Fsp3) is 0.0556. The zero-order chi connectivity index (χ0) is 17.6. The Morgan fingerprint density at radius 1 is 1.00 bits per heavy atom. The topological polar surface area (TPSA) is 78.9 Å². The van der Waals surface area contributed by atoms with Gasteiger partial charge in [-0.3, -0.25) is 4.79 Å². The number of amides is 1. The van der Waals surface area contributed by atoms with Gasteiger partial charge in [0, 0.05) is 29.0 Å². The number of halogens is 1. The van der Waals surface area contributed by atoms with Crippen LogP contribution < -0.4 is 16.0 Å². The van der Waals surface area contributed by atoms with Crippen LogP contribution in [-0.2, 0) is 4.79 Å². The number of carbonyl (C=O) groups is 1. The number of nitrogens with zero attached hydrogens (tertiary/aromatic N) is 2. The highest BCUT2D eigenvalue weighted by atomic mass is 79.9. The van der Waals surface area contributed by atoms with E-state index < -0.39 is 0 Å². The van der Waals surface area contributed by atoms with Crippen LogP contribution in [0.25, 0.3) is 0 Å². The van der Waals surface area contributed by atoms with Crippen LogP contribution in [-0.4, -0.2) is 15.9 Å². The summed E-state index contributed by atoms with van der Waals surface area (Å²) in [5.41, 5.74) is 2.41. The highest BCUT2D eigenvalue weighted by molar-refractivity contribution is 9.10. The van der Waals surface area contributed by atoms with E-state index in [1.807, 2.05) is 48.5 Å². The maximum atomic E-state index is 11.2. The lowest BCUT2D eigenvalue weighted by Crippen LogP contribution is -2.06. The molecule has 1 heterocycles. The number of benzene rings is 2. The molecule has 0 bridgehead atoms. The van der Waals surface area contributed by atoms with Gasteiger partial charge in [-0.25, -0.2) is 4.98 Å². The molecular formula is C18H16BrN5O. The molecule has 0 fully saturated rings. The summed E-state index contributed by atoms with van der Waals surface area (Å²) in [6.45, 7) is 1.47.